The van der Waals surface area contributed by atoms with E-state index in [0.29, 0.717) is 12.2 Å². The van der Waals surface area contributed by atoms with Crippen LogP contribution in [0.1, 0.15) is 18.3 Å². The second-order valence-electron chi connectivity index (χ2n) is 4.63. The fourth-order valence-corrected chi connectivity index (χ4v) is 2.00. The molecule has 2 heterocycles. The van der Waals surface area contributed by atoms with Crippen molar-refractivity contribution >= 4 is 12.0 Å². The van der Waals surface area contributed by atoms with Crippen molar-refractivity contribution in [3.8, 4) is 0 Å². The van der Waals surface area contributed by atoms with Gasteiger partial charge in [-0.3, -0.25) is 0 Å². The Labute approximate surface area is 110 Å². The summed E-state index contributed by atoms with van der Waals surface area (Å²) in [6.07, 6.45) is 1.73. The first-order valence-electron chi connectivity index (χ1n) is 5.92. The summed E-state index contributed by atoms with van der Waals surface area (Å²) in [4.78, 5) is 31.6. The molecule has 3 N–H and O–H groups in total. The molecule has 1 aliphatic rings. The molecular weight excluding hydrogens is 248 g/mol. The number of nitrogens with zero attached hydrogens (tertiary/aromatic N) is 2. The van der Waals surface area contributed by atoms with Crippen LogP contribution in [0.4, 0.5) is 4.79 Å². The van der Waals surface area contributed by atoms with Gasteiger partial charge >= 0.3 is 12.0 Å². The van der Waals surface area contributed by atoms with Crippen LogP contribution in [0.5, 0.6) is 0 Å². The van der Waals surface area contributed by atoms with Crippen LogP contribution in [0.15, 0.2) is 18.5 Å². The van der Waals surface area contributed by atoms with E-state index in [1.807, 2.05) is 0 Å². The molecule has 0 saturated heterocycles. The number of urea groups is 1. The molecule has 7 nitrogen and oxygen atoms in total. The predicted molar refractivity (Wildman–Crippen MR) is 67.5 cm³/mol. The number of nitrogens with one attached hydrogen (secondary N) is 2. The highest BCUT2D eigenvalue weighted by Gasteiger charge is 2.35. The standard InChI is InChI=1S/C12H16N4O3/c1-7(2)4-13-12(19)16-5-9-8(14-6-15-9)3-10(16)11(17)18/h6,10H,1,3-5H2,2H3,(H,13,19)(H,14,15)(H,17,18). The van der Waals surface area contributed by atoms with Crippen LogP contribution < -0.4 is 5.32 Å². The van der Waals surface area contributed by atoms with Crippen molar-refractivity contribution < 1.29 is 14.7 Å². The molecule has 0 fully saturated rings. The number of fused-ring (bicyclic) bond motifs is 1. The highest BCUT2D eigenvalue weighted by atomic mass is 16.4. The van der Waals surface area contributed by atoms with Crippen molar-refractivity contribution in [1.29, 1.82) is 0 Å². The number of carbonyl (C=O) groups excluding carboxylic acids is 1. The van der Waals surface area contributed by atoms with E-state index in [1.165, 1.54) is 11.2 Å². The number of hydrogen-bond donors (Lipinski definition) is 3. The molecule has 1 aromatic rings. The zero-order valence-electron chi connectivity index (χ0n) is 10.6. The zero-order valence-corrected chi connectivity index (χ0v) is 10.6. The van der Waals surface area contributed by atoms with Gasteiger partial charge in [-0.2, -0.15) is 0 Å². The quantitative estimate of drug-likeness (QED) is 0.693. The molecule has 2 amide bonds. The first-order valence-corrected chi connectivity index (χ1v) is 5.92. The third-order valence-corrected chi connectivity index (χ3v) is 2.99. The highest BCUT2D eigenvalue weighted by Crippen LogP contribution is 2.20. The average molecular weight is 264 g/mol. The van der Waals surface area contributed by atoms with Crippen LogP contribution in [-0.2, 0) is 17.8 Å². The highest BCUT2D eigenvalue weighted by molar-refractivity contribution is 5.83. The van der Waals surface area contributed by atoms with Crippen molar-refractivity contribution in [2.45, 2.75) is 25.9 Å². The molecule has 19 heavy (non-hydrogen) atoms. The molecule has 0 aromatic carbocycles. The number of hydrogen-bond acceptors (Lipinski definition) is 3. The number of rotatable bonds is 3. The van der Waals surface area contributed by atoms with Crippen molar-refractivity contribution in [2.24, 2.45) is 0 Å². The summed E-state index contributed by atoms with van der Waals surface area (Å²) < 4.78 is 0. The van der Waals surface area contributed by atoms with Gasteiger partial charge in [0, 0.05) is 13.0 Å². The molecule has 0 bridgehead atoms. The van der Waals surface area contributed by atoms with Gasteiger partial charge in [0.25, 0.3) is 0 Å². The summed E-state index contributed by atoms with van der Waals surface area (Å²) >= 11 is 0. The number of carboxylic acids is 1. The van der Waals surface area contributed by atoms with Crippen LogP contribution in [0.25, 0.3) is 0 Å². The maximum absolute atomic E-state index is 12.0. The first kappa shape index (κ1) is 13.1. The lowest BCUT2D eigenvalue weighted by atomic mass is 10.0. The normalized spacial score (nSPS) is 17.7. The Kier molecular flexibility index (Phi) is 3.55. The number of imidazole rings is 1. The minimum Gasteiger partial charge on any atom is -0.480 e. The van der Waals surface area contributed by atoms with Gasteiger partial charge in [-0.25, -0.2) is 14.6 Å². The Balaban J connectivity index is 2.15. The number of carbonyl (C=O) groups is 2. The van der Waals surface area contributed by atoms with E-state index >= 15 is 0 Å². The average Bonchev–Trinajstić information content (AvgIpc) is 2.81. The molecular formula is C12H16N4O3. The molecule has 7 heteroatoms. The molecule has 1 atom stereocenters. The smallest absolute Gasteiger partial charge is 0.326 e. The van der Waals surface area contributed by atoms with Crippen LogP contribution in [0.2, 0.25) is 0 Å². The first-order chi connectivity index (χ1) is 8.99. The Morgan fingerprint density at radius 2 is 2.42 bits per heavy atom. The summed E-state index contributed by atoms with van der Waals surface area (Å²) in [6, 6.07) is -1.29. The fourth-order valence-electron chi connectivity index (χ4n) is 2.00. The monoisotopic (exact) mass is 264 g/mol. The second kappa shape index (κ2) is 5.13. The molecule has 1 aliphatic heterocycles. The summed E-state index contributed by atoms with van der Waals surface area (Å²) in [5.41, 5.74) is 2.29. The lowest BCUT2D eigenvalue weighted by Gasteiger charge is -2.32. The minimum absolute atomic E-state index is 0.217. The van der Waals surface area contributed by atoms with Crippen LogP contribution in [0, 0.1) is 0 Å². The Hall–Kier alpha value is -2.31. The maximum atomic E-state index is 12.0. The summed E-state index contributed by atoms with van der Waals surface area (Å²) in [5, 5.41) is 11.9. The maximum Gasteiger partial charge on any atom is 0.326 e. The van der Waals surface area contributed by atoms with Crippen molar-refractivity contribution in [3.63, 3.8) is 0 Å². The van der Waals surface area contributed by atoms with Gasteiger partial charge in [0.2, 0.25) is 0 Å². The summed E-state index contributed by atoms with van der Waals surface area (Å²) in [6.45, 7) is 6.03. The van der Waals surface area contributed by atoms with Gasteiger partial charge in [0.1, 0.15) is 6.04 Å². The number of aromatic amines is 1. The number of carboxylic acid groups (broad SMARTS) is 1. The number of H-pyrrole nitrogens is 1. The van der Waals surface area contributed by atoms with E-state index in [1.54, 1.807) is 6.92 Å². The number of amides is 2. The van der Waals surface area contributed by atoms with Crippen molar-refractivity contribution in [2.75, 3.05) is 6.54 Å². The number of aliphatic carboxylic acids is 1. The molecule has 0 spiro atoms. The van der Waals surface area contributed by atoms with Crippen LogP contribution >= 0.6 is 0 Å². The number of aromatic nitrogens is 2. The Morgan fingerprint density at radius 3 is 3.05 bits per heavy atom. The van der Waals surface area contributed by atoms with Gasteiger partial charge < -0.3 is 20.3 Å². The van der Waals surface area contributed by atoms with Gasteiger partial charge in [-0.05, 0) is 6.92 Å². The predicted octanol–water partition coefficient (Wildman–Crippen LogP) is 0.507. The third kappa shape index (κ3) is 2.75. The van der Waals surface area contributed by atoms with Gasteiger partial charge in [-0.15, -0.1) is 0 Å². The Bertz CT molecular complexity index is 523. The van der Waals surface area contributed by atoms with Crippen molar-refractivity contribution in [1.82, 2.24) is 20.2 Å². The largest absolute Gasteiger partial charge is 0.480 e. The van der Waals surface area contributed by atoms with E-state index in [0.717, 1.165) is 11.3 Å². The summed E-state index contributed by atoms with van der Waals surface area (Å²) in [5.74, 6) is -1.03. The van der Waals surface area contributed by atoms with Gasteiger partial charge in [0.15, 0.2) is 0 Å². The lowest BCUT2D eigenvalue weighted by molar-refractivity contribution is -0.142. The molecule has 102 valence electrons. The van der Waals surface area contributed by atoms with E-state index in [2.05, 4.69) is 21.9 Å². The molecule has 0 saturated carbocycles. The van der Waals surface area contributed by atoms with Crippen LogP contribution in [-0.4, -0.2) is 44.6 Å². The van der Waals surface area contributed by atoms with E-state index in [-0.39, 0.29) is 13.0 Å². The molecule has 1 unspecified atom stereocenters. The molecule has 0 aliphatic carbocycles. The zero-order chi connectivity index (χ0) is 14.0. The molecule has 2 rings (SSSR count). The Morgan fingerprint density at radius 1 is 1.68 bits per heavy atom. The third-order valence-electron chi connectivity index (χ3n) is 2.99. The minimum atomic E-state index is -1.03. The summed E-state index contributed by atoms with van der Waals surface area (Å²) in [7, 11) is 0. The second-order valence-corrected chi connectivity index (χ2v) is 4.63. The molecule has 0 radical (unpaired) electrons. The SMILES string of the molecule is C=C(C)CNC(=O)N1Cc2[nH]cnc2CC1C(=O)O. The fraction of sp³-hybridized carbons (Fsp3) is 0.417. The van der Waals surface area contributed by atoms with Gasteiger partial charge in [0.05, 0.1) is 24.3 Å². The van der Waals surface area contributed by atoms with Crippen molar-refractivity contribution in [3.05, 3.63) is 29.9 Å². The topological polar surface area (TPSA) is 98.3 Å². The lowest BCUT2D eigenvalue weighted by Crippen LogP contribution is -2.52. The van der Waals surface area contributed by atoms with E-state index in [9.17, 15) is 14.7 Å². The van der Waals surface area contributed by atoms with E-state index < -0.39 is 18.0 Å². The van der Waals surface area contributed by atoms with Crippen LogP contribution in [0.3, 0.4) is 0 Å². The van der Waals surface area contributed by atoms with E-state index in [4.69, 9.17) is 0 Å². The van der Waals surface area contributed by atoms with Gasteiger partial charge in [-0.1, -0.05) is 12.2 Å². The molecule has 1 aromatic heterocycles.